The van der Waals surface area contributed by atoms with Gasteiger partial charge in [-0.15, -0.1) is 5.10 Å². The molecule has 0 unspecified atom stereocenters. The average molecular weight is 175 g/mol. The summed E-state index contributed by atoms with van der Waals surface area (Å²) in [7, 11) is -3.51. The first-order valence-corrected chi connectivity index (χ1v) is 4.43. The predicted octanol–water partition coefficient (Wildman–Crippen LogP) is -0.790. The SMILES string of the molecule is CS(=O)(=O)Oc1ccnnn1. The fraction of sp³-hybridized carbons (Fsp3) is 0.250. The van der Waals surface area contributed by atoms with Crippen LogP contribution in [-0.4, -0.2) is 30.1 Å². The highest BCUT2D eigenvalue weighted by molar-refractivity contribution is 7.86. The maximum Gasteiger partial charge on any atom is 0.307 e. The van der Waals surface area contributed by atoms with E-state index >= 15 is 0 Å². The standard InChI is InChI=1S/C4H5N3O3S/c1-11(8,9)10-4-2-3-5-7-6-4/h2-3H,1H3. The van der Waals surface area contributed by atoms with Crippen molar-refractivity contribution in [1.29, 1.82) is 0 Å². The molecule has 11 heavy (non-hydrogen) atoms. The van der Waals surface area contributed by atoms with Gasteiger partial charge in [-0.25, -0.2) is 0 Å². The third-order valence-electron chi connectivity index (χ3n) is 0.715. The molecule has 0 saturated heterocycles. The normalized spacial score (nSPS) is 11.0. The Morgan fingerprint density at radius 3 is 2.73 bits per heavy atom. The summed E-state index contributed by atoms with van der Waals surface area (Å²) >= 11 is 0. The second-order valence-corrected chi connectivity index (χ2v) is 3.32. The van der Waals surface area contributed by atoms with Crippen molar-refractivity contribution in [2.24, 2.45) is 0 Å². The second kappa shape index (κ2) is 2.79. The van der Waals surface area contributed by atoms with Gasteiger partial charge >= 0.3 is 10.1 Å². The third kappa shape index (κ3) is 2.89. The maximum atomic E-state index is 10.5. The smallest absolute Gasteiger partial charge is 0.307 e. The van der Waals surface area contributed by atoms with E-state index in [1.165, 1.54) is 12.3 Å². The van der Waals surface area contributed by atoms with E-state index < -0.39 is 10.1 Å². The molecule has 1 aromatic rings. The number of nitrogens with zero attached hydrogens (tertiary/aromatic N) is 3. The van der Waals surface area contributed by atoms with E-state index in [0.717, 1.165) is 6.26 Å². The molecule has 0 atom stereocenters. The molecule has 7 heteroatoms. The number of aromatic nitrogens is 3. The summed E-state index contributed by atoms with van der Waals surface area (Å²) < 4.78 is 25.3. The molecule has 0 aliphatic heterocycles. The Labute approximate surface area is 63.3 Å². The van der Waals surface area contributed by atoms with Crippen LogP contribution in [0.4, 0.5) is 0 Å². The highest BCUT2D eigenvalue weighted by Crippen LogP contribution is 2.02. The zero-order chi connectivity index (χ0) is 8.32. The topological polar surface area (TPSA) is 82.0 Å². The Balaban J connectivity index is 2.82. The second-order valence-electron chi connectivity index (χ2n) is 1.75. The minimum Gasteiger partial charge on any atom is -0.360 e. The first-order chi connectivity index (χ1) is 5.08. The first kappa shape index (κ1) is 7.86. The number of hydrogen-bond acceptors (Lipinski definition) is 6. The molecule has 0 aromatic carbocycles. The molecular weight excluding hydrogens is 170 g/mol. The van der Waals surface area contributed by atoms with E-state index in [0.29, 0.717) is 0 Å². The zero-order valence-electron chi connectivity index (χ0n) is 5.63. The predicted molar refractivity (Wildman–Crippen MR) is 35.3 cm³/mol. The highest BCUT2D eigenvalue weighted by Gasteiger charge is 2.03. The lowest BCUT2D eigenvalue weighted by Gasteiger charge is -1.97. The van der Waals surface area contributed by atoms with Crippen molar-refractivity contribution in [2.45, 2.75) is 0 Å². The molecule has 0 spiro atoms. The Bertz CT molecular complexity index is 322. The molecule has 0 radical (unpaired) electrons. The molecule has 1 rings (SSSR count). The summed E-state index contributed by atoms with van der Waals surface area (Å²) in [6, 6.07) is 1.30. The molecule has 0 aliphatic carbocycles. The lowest BCUT2D eigenvalue weighted by molar-refractivity contribution is 0.475. The van der Waals surface area contributed by atoms with E-state index in [1.54, 1.807) is 0 Å². The van der Waals surface area contributed by atoms with Gasteiger partial charge in [0.25, 0.3) is 5.88 Å². The van der Waals surface area contributed by atoms with Crippen LogP contribution in [-0.2, 0) is 10.1 Å². The molecule has 0 fully saturated rings. The van der Waals surface area contributed by atoms with Gasteiger partial charge in [0.2, 0.25) is 0 Å². The van der Waals surface area contributed by atoms with Gasteiger partial charge in [0.1, 0.15) is 0 Å². The number of rotatable bonds is 2. The summed E-state index contributed by atoms with van der Waals surface area (Å²) in [5.74, 6) is -0.0810. The Morgan fingerprint density at radius 2 is 2.27 bits per heavy atom. The molecule has 0 aliphatic rings. The van der Waals surface area contributed by atoms with Gasteiger partial charge in [-0.1, -0.05) is 5.10 Å². The largest absolute Gasteiger partial charge is 0.360 e. The van der Waals surface area contributed by atoms with E-state index in [1.807, 2.05) is 0 Å². The van der Waals surface area contributed by atoms with Crippen LogP contribution in [0.2, 0.25) is 0 Å². The molecular formula is C4H5N3O3S. The van der Waals surface area contributed by atoms with Crippen molar-refractivity contribution < 1.29 is 12.6 Å². The van der Waals surface area contributed by atoms with Gasteiger partial charge in [-0.3, -0.25) is 0 Å². The summed E-state index contributed by atoms with van der Waals surface area (Å²) in [5.41, 5.74) is 0. The van der Waals surface area contributed by atoms with Crippen LogP contribution >= 0.6 is 0 Å². The summed E-state index contributed by atoms with van der Waals surface area (Å²) in [6.45, 7) is 0. The monoisotopic (exact) mass is 175 g/mol. The van der Waals surface area contributed by atoms with Crippen LogP contribution in [0.5, 0.6) is 5.88 Å². The molecule has 1 aromatic heterocycles. The summed E-state index contributed by atoms with van der Waals surface area (Å²) in [5, 5.41) is 9.82. The minimum absolute atomic E-state index is 0.0810. The maximum absolute atomic E-state index is 10.5. The quantitative estimate of drug-likeness (QED) is 0.548. The van der Waals surface area contributed by atoms with E-state index in [4.69, 9.17) is 0 Å². The minimum atomic E-state index is -3.51. The van der Waals surface area contributed by atoms with Crippen LogP contribution < -0.4 is 4.18 Å². The van der Waals surface area contributed by atoms with Gasteiger partial charge in [0.15, 0.2) is 0 Å². The van der Waals surface area contributed by atoms with Crippen LogP contribution in [0, 0.1) is 0 Å². The van der Waals surface area contributed by atoms with Gasteiger partial charge < -0.3 is 4.18 Å². The van der Waals surface area contributed by atoms with Crippen LogP contribution in [0.25, 0.3) is 0 Å². The van der Waals surface area contributed by atoms with Crippen molar-refractivity contribution in [3.63, 3.8) is 0 Å². The fourth-order valence-corrected chi connectivity index (χ4v) is 0.829. The van der Waals surface area contributed by atoms with Crippen LogP contribution in [0.3, 0.4) is 0 Å². The fourth-order valence-electron chi connectivity index (χ4n) is 0.430. The zero-order valence-corrected chi connectivity index (χ0v) is 6.45. The lowest BCUT2D eigenvalue weighted by Crippen LogP contribution is -2.07. The molecule has 0 saturated carbocycles. The Kier molecular flexibility index (Phi) is 1.99. The van der Waals surface area contributed by atoms with E-state index in [9.17, 15) is 8.42 Å². The molecule has 0 bridgehead atoms. The third-order valence-corrected chi connectivity index (χ3v) is 1.19. The Morgan fingerprint density at radius 1 is 1.55 bits per heavy atom. The van der Waals surface area contributed by atoms with Gasteiger partial charge in [0.05, 0.1) is 12.5 Å². The average Bonchev–Trinajstić information content (AvgIpc) is 1.85. The van der Waals surface area contributed by atoms with Gasteiger partial charge in [-0.05, 0) is 5.21 Å². The Hall–Kier alpha value is -1.24. The molecule has 0 amide bonds. The first-order valence-electron chi connectivity index (χ1n) is 2.62. The van der Waals surface area contributed by atoms with E-state index in [-0.39, 0.29) is 5.88 Å². The summed E-state index contributed by atoms with van der Waals surface area (Å²) in [6.07, 6.45) is 2.21. The lowest BCUT2D eigenvalue weighted by atomic mass is 10.7. The molecule has 6 nitrogen and oxygen atoms in total. The van der Waals surface area contributed by atoms with Crippen LogP contribution in [0.15, 0.2) is 12.3 Å². The summed E-state index contributed by atoms with van der Waals surface area (Å²) in [4.78, 5) is 0. The van der Waals surface area contributed by atoms with Crippen LogP contribution in [0.1, 0.15) is 0 Å². The van der Waals surface area contributed by atoms with Crippen molar-refractivity contribution in [3.05, 3.63) is 12.3 Å². The van der Waals surface area contributed by atoms with E-state index in [2.05, 4.69) is 19.6 Å². The van der Waals surface area contributed by atoms with Gasteiger partial charge in [0, 0.05) is 6.07 Å². The van der Waals surface area contributed by atoms with Crippen molar-refractivity contribution in [2.75, 3.05) is 6.26 Å². The van der Waals surface area contributed by atoms with Crippen molar-refractivity contribution in [1.82, 2.24) is 15.4 Å². The molecule has 0 N–H and O–H groups in total. The van der Waals surface area contributed by atoms with Gasteiger partial charge in [-0.2, -0.15) is 8.42 Å². The van der Waals surface area contributed by atoms with Crippen molar-refractivity contribution in [3.8, 4) is 5.88 Å². The van der Waals surface area contributed by atoms with Crippen molar-refractivity contribution >= 4 is 10.1 Å². The highest BCUT2D eigenvalue weighted by atomic mass is 32.2. The molecule has 1 heterocycles. The number of hydrogen-bond donors (Lipinski definition) is 0. The molecule has 60 valence electrons.